The molecule has 0 aliphatic rings. The van der Waals surface area contributed by atoms with E-state index >= 15 is 0 Å². The highest BCUT2D eigenvalue weighted by atomic mass is 35.5. The molecule has 2 aromatic rings. The smallest absolute Gasteiger partial charge is 0.345 e. The molecular weight excluding hydrogens is 243 g/mol. The average Bonchev–Trinajstić information content (AvgIpc) is 2.50. The number of nitrogens with one attached hydrogen (secondary N) is 1. The lowest BCUT2D eigenvalue weighted by molar-refractivity contribution is -0.136. The molecule has 0 unspecified atom stereocenters. The number of para-hydroxylation sites is 1. The van der Waals surface area contributed by atoms with Crippen molar-refractivity contribution in [3.63, 3.8) is 0 Å². The van der Waals surface area contributed by atoms with Crippen molar-refractivity contribution in [2.45, 2.75) is 6.18 Å². The number of aldehydes is 1. The average molecular weight is 248 g/mol. The summed E-state index contributed by atoms with van der Waals surface area (Å²) in [4.78, 5) is 13.0. The van der Waals surface area contributed by atoms with Gasteiger partial charge in [0.15, 0.2) is 6.29 Å². The minimum Gasteiger partial charge on any atom is -0.345 e. The maximum Gasteiger partial charge on any atom is 0.418 e. The summed E-state index contributed by atoms with van der Waals surface area (Å²) in [7, 11) is 0. The lowest BCUT2D eigenvalue weighted by Crippen LogP contribution is -2.05. The molecule has 0 amide bonds. The van der Waals surface area contributed by atoms with Crippen LogP contribution in [0.2, 0.25) is 5.15 Å². The van der Waals surface area contributed by atoms with Crippen LogP contribution in [0.4, 0.5) is 13.2 Å². The van der Waals surface area contributed by atoms with Gasteiger partial charge >= 0.3 is 6.18 Å². The van der Waals surface area contributed by atoms with Crippen LogP contribution in [-0.4, -0.2) is 11.3 Å². The van der Waals surface area contributed by atoms with E-state index in [1.54, 1.807) is 0 Å². The van der Waals surface area contributed by atoms with Gasteiger partial charge in [0, 0.05) is 5.39 Å². The van der Waals surface area contributed by atoms with Crippen molar-refractivity contribution in [3.05, 3.63) is 34.5 Å². The first-order valence-corrected chi connectivity index (χ1v) is 4.65. The van der Waals surface area contributed by atoms with Gasteiger partial charge < -0.3 is 4.98 Å². The Morgan fingerprint density at radius 1 is 1.31 bits per heavy atom. The van der Waals surface area contributed by atoms with Crippen molar-refractivity contribution in [2.75, 3.05) is 0 Å². The quantitative estimate of drug-likeness (QED) is 0.767. The van der Waals surface area contributed by atoms with Gasteiger partial charge in [0.1, 0.15) is 5.15 Å². The maximum atomic E-state index is 12.6. The molecule has 0 bridgehead atoms. The van der Waals surface area contributed by atoms with E-state index < -0.39 is 11.7 Å². The minimum atomic E-state index is -4.48. The van der Waals surface area contributed by atoms with Gasteiger partial charge in [0.05, 0.1) is 16.6 Å². The molecular formula is C10H5ClF3NO. The topological polar surface area (TPSA) is 32.9 Å². The molecule has 0 atom stereocenters. The van der Waals surface area contributed by atoms with Gasteiger partial charge in [0.2, 0.25) is 0 Å². The van der Waals surface area contributed by atoms with Gasteiger partial charge in [0.25, 0.3) is 0 Å². The van der Waals surface area contributed by atoms with E-state index in [0.717, 1.165) is 6.07 Å². The van der Waals surface area contributed by atoms with Gasteiger partial charge in [-0.25, -0.2) is 0 Å². The maximum absolute atomic E-state index is 12.6. The number of carbonyl (C=O) groups excluding carboxylic acids is 1. The molecule has 0 aliphatic heterocycles. The zero-order valence-corrected chi connectivity index (χ0v) is 8.49. The molecule has 0 fully saturated rings. The molecule has 16 heavy (non-hydrogen) atoms. The lowest BCUT2D eigenvalue weighted by atomic mass is 10.1. The molecule has 84 valence electrons. The van der Waals surface area contributed by atoms with Crippen LogP contribution in [0.3, 0.4) is 0 Å². The van der Waals surface area contributed by atoms with Crippen LogP contribution in [0, 0.1) is 0 Å². The van der Waals surface area contributed by atoms with Crippen LogP contribution in [0.15, 0.2) is 18.2 Å². The van der Waals surface area contributed by atoms with E-state index in [1.807, 2.05) is 0 Å². The first kappa shape index (κ1) is 11.0. The number of aromatic nitrogens is 1. The normalized spacial score (nSPS) is 12.0. The number of fused-ring (bicyclic) bond motifs is 1. The molecule has 0 aliphatic carbocycles. The third kappa shape index (κ3) is 1.57. The van der Waals surface area contributed by atoms with Crippen LogP contribution in [0.5, 0.6) is 0 Å². The third-order valence-corrected chi connectivity index (χ3v) is 2.55. The van der Waals surface area contributed by atoms with Crippen molar-refractivity contribution < 1.29 is 18.0 Å². The van der Waals surface area contributed by atoms with Gasteiger partial charge in [-0.2, -0.15) is 13.2 Å². The molecule has 2 rings (SSSR count). The summed E-state index contributed by atoms with van der Waals surface area (Å²) in [5, 5.41) is 0.0940. The summed E-state index contributed by atoms with van der Waals surface area (Å²) in [6.07, 6.45) is -4.05. The highest BCUT2D eigenvalue weighted by Crippen LogP contribution is 2.36. The number of hydrogen-bond acceptors (Lipinski definition) is 1. The van der Waals surface area contributed by atoms with E-state index in [1.165, 1.54) is 12.1 Å². The number of aromatic amines is 1. The van der Waals surface area contributed by atoms with Gasteiger partial charge in [-0.3, -0.25) is 4.79 Å². The lowest BCUT2D eigenvalue weighted by Gasteiger charge is -2.07. The monoisotopic (exact) mass is 247 g/mol. The fourth-order valence-corrected chi connectivity index (χ4v) is 1.80. The molecule has 1 N–H and O–H groups in total. The predicted octanol–water partition coefficient (Wildman–Crippen LogP) is 3.65. The Hall–Kier alpha value is -1.49. The van der Waals surface area contributed by atoms with Crippen molar-refractivity contribution in [1.29, 1.82) is 0 Å². The summed E-state index contributed by atoms with van der Waals surface area (Å²) in [6.45, 7) is 0. The number of rotatable bonds is 1. The summed E-state index contributed by atoms with van der Waals surface area (Å²) < 4.78 is 37.8. The summed E-state index contributed by atoms with van der Waals surface area (Å²) in [5.41, 5.74) is -0.954. The first-order chi connectivity index (χ1) is 7.45. The molecule has 1 aromatic heterocycles. The number of benzene rings is 1. The molecule has 1 aromatic carbocycles. The van der Waals surface area contributed by atoms with Crippen molar-refractivity contribution in [3.8, 4) is 0 Å². The Morgan fingerprint density at radius 3 is 2.56 bits per heavy atom. The summed E-state index contributed by atoms with van der Waals surface area (Å²) in [6, 6.07) is 3.59. The Kier molecular flexibility index (Phi) is 2.42. The van der Waals surface area contributed by atoms with Gasteiger partial charge in [-0.05, 0) is 6.07 Å². The van der Waals surface area contributed by atoms with Gasteiger partial charge in [-0.1, -0.05) is 23.7 Å². The van der Waals surface area contributed by atoms with Crippen molar-refractivity contribution >= 4 is 28.8 Å². The second kappa shape index (κ2) is 3.52. The Bertz CT molecular complexity index is 559. The fourth-order valence-electron chi connectivity index (χ4n) is 1.56. The van der Waals surface area contributed by atoms with E-state index in [0.29, 0.717) is 6.29 Å². The highest BCUT2D eigenvalue weighted by Gasteiger charge is 2.33. The first-order valence-electron chi connectivity index (χ1n) is 4.27. The van der Waals surface area contributed by atoms with Crippen LogP contribution < -0.4 is 0 Å². The number of hydrogen-bond donors (Lipinski definition) is 1. The second-order valence-electron chi connectivity index (χ2n) is 3.20. The zero-order valence-electron chi connectivity index (χ0n) is 7.73. The Morgan fingerprint density at radius 2 is 2.00 bits per heavy atom. The SMILES string of the molecule is O=Cc1c(Cl)[nH]c2c(C(F)(F)F)cccc12. The van der Waals surface area contributed by atoms with Crippen LogP contribution >= 0.6 is 11.6 Å². The number of H-pyrrole nitrogens is 1. The molecule has 6 heteroatoms. The second-order valence-corrected chi connectivity index (χ2v) is 3.57. The van der Waals surface area contributed by atoms with E-state index in [-0.39, 0.29) is 21.6 Å². The largest absolute Gasteiger partial charge is 0.418 e. The van der Waals surface area contributed by atoms with E-state index in [9.17, 15) is 18.0 Å². The molecule has 0 radical (unpaired) electrons. The minimum absolute atomic E-state index is 0.0442. The summed E-state index contributed by atoms with van der Waals surface area (Å²) in [5.74, 6) is 0. The third-order valence-electron chi connectivity index (χ3n) is 2.25. The standard InChI is InChI=1S/C10H5ClF3NO/c11-9-6(4-16)5-2-1-3-7(8(5)15-9)10(12,13)14/h1-4,15H. The summed E-state index contributed by atoms with van der Waals surface area (Å²) >= 11 is 5.64. The van der Waals surface area contributed by atoms with Crippen LogP contribution in [-0.2, 0) is 6.18 Å². The van der Waals surface area contributed by atoms with Gasteiger partial charge in [-0.15, -0.1) is 0 Å². The molecule has 0 spiro atoms. The number of carbonyl (C=O) groups is 1. The van der Waals surface area contributed by atoms with E-state index in [4.69, 9.17) is 11.6 Å². The predicted molar refractivity (Wildman–Crippen MR) is 53.7 cm³/mol. The Labute approximate surface area is 93.0 Å². The Balaban J connectivity index is 2.85. The van der Waals surface area contributed by atoms with Crippen LogP contribution in [0.1, 0.15) is 15.9 Å². The fraction of sp³-hybridized carbons (Fsp3) is 0.100. The molecule has 1 heterocycles. The number of halogens is 4. The molecule has 2 nitrogen and oxygen atoms in total. The van der Waals surface area contributed by atoms with E-state index in [2.05, 4.69) is 4.98 Å². The highest BCUT2D eigenvalue weighted by molar-refractivity contribution is 6.34. The molecule has 0 saturated heterocycles. The zero-order chi connectivity index (χ0) is 11.9. The van der Waals surface area contributed by atoms with Crippen molar-refractivity contribution in [2.24, 2.45) is 0 Å². The number of alkyl halides is 3. The molecule has 0 saturated carbocycles. The van der Waals surface area contributed by atoms with Crippen LogP contribution in [0.25, 0.3) is 10.9 Å². The van der Waals surface area contributed by atoms with Crippen molar-refractivity contribution in [1.82, 2.24) is 4.98 Å².